The molecule has 16 heavy (non-hydrogen) atoms. The smallest absolute Gasteiger partial charge is 0.0715 e. The van der Waals surface area contributed by atoms with Crippen LogP contribution in [0.3, 0.4) is 0 Å². The molecule has 0 aliphatic carbocycles. The molecule has 0 aromatic heterocycles. The van der Waals surface area contributed by atoms with E-state index in [0.29, 0.717) is 6.54 Å². The van der Waals surface area contributed by atoms with E-state index in [0.717, 1.165) is 15.1 Å². The lowest BCUT2D eigenvalue weighted by Crippen LogP contribution is -2.36. The van der Waals surface area contributed by atoms with Gasteiger partial charge in [-0.05, 0) is 38.5 Å². The molecule has 0 radical (unpaired) electrons. The predicted molar refractivity (Wildman–Crippen MR) is 71.9 cm³/mol. The summed E-state index contributed by atoms with van der Waals surface area (Å²) in [6, 6.07) is 5.93. The molecule has 2 N–H and O–H groups in total. The molecular weight excluding hydrogens is 289 g/mol. The van der Waals surface area contributed by atoms with E-state index >= 15 is 0 Å². The van der Waals surface area contributed by atoms with Gasteiger partial charge in [-0.25, -0.2) is 0 Å². The Balaban J connectivity index is 2.70. The van der Waals surface area contributed by atoms with Crippen molar-refractivity contribution in [3.8, 4) is 0 Å². The third-order valence-corrected chi connectivity index (χ3v) is 3.09. The Morgan fingerprint density at radius 3 is 2.62 bits per heavy atom. The molecule has 0 fully saturated rings. The van der Waals surface area contributed by atoms with Crippen LogP contribution in [0, 0.1) is 0 Å². The van der Waals surface area contributed by atoms with Gasteiger partial charge in [0.1, 0.15) is 0 Å². The second kappa shape index (κ2) is 5.50. The first kappa shape index (κ1) is 14.0. The highest BCUT2D eigenvalue weighted by molar-refractivity contribution is 9.10. The molecule has 90 valence electrons. The van der Waals surface area contributed by atoms with Gasteiger partial charge in [0.25, 0.3) is 0 Å². The van der Waals surface area contributed by atoms with E-state index in [1.807, 2.05) is 25.1 Å². The van der Waals surface area contributed by atoms with Crippen LogP contribution in [-0.2, 0) is 0 Å². The van der Waals surface area contributed by atoms with Crippen LogP contribution in [0.25, 0.3) is 0 Å². The Kier molecular flexibility index (Phi) is 4.80. The van der Waals surface area contributed by atoms with Gasteiger partial charge in [-0.2, -0.15) is 0 Å². The van der Waals surface area contributed by atoms with Gasteiger partial charge < -0.3 is 10.4 Å². The van der Waals surface area contributed by atoms with Crippen molar-refractivity contribution in [2.24, 2.45) is 0 Å². The molecule has 0 bridgehead atoms. The monoisotopic (exact) mass is 305 g/mol. The number of nitrogens with one attached hydrogen (secondary N) is 1. The summed E-state index contributed by atoms with van der Waals surface area (Å²) in [6.45, 7) is 6.10. The summed E-state index contributed by atoms with van der Waals surface area (Å²) in [5.41, 5.74) is 0.324. The molecule has 0 spiro atoms. The minimum atomic E-state index is -0.712. The van der Waals surface area contributed by atoms with E-state index < -0.39 is 5.60 Å². The molecule has 1 rings (SSSR count). The van der Waals surface area contributed by atoms with Crippen molar-refractivity contribution >= 4 is 27.5 Å². The summed E-state index contributed by atoms with van der Waals surface area (Å²) in [5, 5.41) is 13.6. The second-order valence-corrected chi connectivity index (χ2v) is 5.90. The Hall–Kier alpha value is -0.0900. The first-order valence-corrected chi connectivity index (χ1v) is 6.37. The molecule has 0 saturated carbocycles. The van der Waals surface area contributed by atoms with Gasteiger partial charge >= 0.3 is 0 Å². The van der Waals surface area contributed by atoms with Crippen LogP contribution in [0.5, 0.6) is 0 Å². The molecule has 1 unspecified atom stereocenters. The molecule has 1 aromatic carbocycles. The summed E-state index contributed by atoms with van der Waals surface area (Å²) < 4.78 is 0.968. The summed E-state index contributed by atoms with van der Waals surface area (Å²) >= 11 is 9.51. The quantitative estimate of drug-likeness (QED) is 0.892. The Labute approximate surface area is 110 Å². The van der Waals surface area contributed by atoms with Gasteiger partial charge in [0.2, 0.25) is 0 Å². The summed E-state index contributed by atoms with van der Waals surface area (Å²) in [6.07, 6.45) is 0. The molecule has 4 heteroatoms. The first-order chi connectivity index (χ1) is 7.29. The molecule has 1 aromatic rings. The number of halogens is 2. The molecule has 0 aliphatic rings. The van der Waals surface area contributed by atoms with Gasteiger partial charge in [0.15, 0.2) is 0 Å². The second-order valence-electron chi connectivity index (χ2n) is 4.58. The fourth-order valence-corrected chi connectivity index (χ4v) is 2.20. The van der Waals surface area contributed by atoms with E-state index in [1.54, 1.807) is 13.8 Å². The highest BCUT2D eigenvalue weighted by Gasteiger charge is 2.15. The first-order valence-electron chi connectivity index (χ1n) is 5.20. The van der Waals surface area contributed by atoms with Crippen LogP contribution < -0.4 is 5.32 Å². The summed E-state index contributed by atoms with van der Waals surface area (Å²) in [5.74, 6) is 0. The van der Waals surface area contributed by atoms with Crippen LogP contribution in [0.1, 0.15) is 32.4 Å². The van der Waals surface area contributed by atoms with Crippen LogP contribution in [0.2, 0.25) is 5.02 Å². The Morgan fingerprint density at radius 2 is 2.12 bits per heavy atom. The number of hydrogen-bond donors (Lipinski definition) is 2. The number of benzene rings is 1. The van der Waals surface area contributed by atoms with Crippen LogP contribution >= 0.6 is 27.5 Å². The lowest BCUT2D eigenvalue weighted by atomic mass is 10.1. The normalized spacial score (nSPS) is 13.9. The van der Waals surface area contributed by atoms with Crippen molar-refractivity contribution in [1.82, 2.24) is 5.32 Å². The minimum Gasteiger partial charge on any atom is -0.389 e. The summed E-state index contributed by atoms with van der Waals surface area (Å²) in [4.78, 5) is 0. The number of rotatable bonds is 4. The zero-order chi connectivity index (χ0) is 12.3. The standard InChI is InChI=1S/C12H17BrClNO/c1-8(15-7-12(2,3)16)10-5-4-9(13)6-11(10)14/h4-6,8,15-16H,7H2,1-3H3. The lowest BCUT2D eigenvalue weighted by Gasteiger charge is -2.22. The lowest BCUT2D eigenvalue weighted by molar-refractivity contribution is 0.0770. The summed E-state index contributed by atoms with van der Waals surface area (Å²) in [7, 11) is 0. The molecule has 0 amide bonds. The highest BCUT2D eigenvalue weighted by atomic mass is 79.9. The maximum absolute atomic E-state index is 9.62. The average Bonchev–Trinajstić information content (AvgIpc) is 2.13. The number of aliphatic hydroxyl groups is 1. The van der Waals surface area contributed by atoms with Crippen molar-refractivity contribution < 1.29 is 5.11 Å². The van der Waals surface area contributed by atoms with E-state index in [2.05, 4.69) is 21.2 Å². The van der Waals surface area contributed by atoms with E-state index in [9.17, 15) is 5.11 Å². The molecule has 1 atom stereocenters. The van der Waals surface area contributed by atoms with Crippen molar-refractivity contribution in [2.45, 2.75) is 32.4 Å². The fourth-order valence-electron chi connectivity index (χ4n) is 1.37. The van der Waals surface area contributed by atoms with E-state index in [4.69, 9.17) is 11.6 Å². The SMILES string of the molecule is CC(NCC(C)(C)O)c1ccc(Br)cc1Cl. The van der Waals surface area contributed by atoms with E-state index in [-0.39, 0.29) is 6.04 Å². The van der Waals surface area contributed by atoms with E-state index in [1.165, 1.54) is 0 Å². The van der Waals surface area contributed by atoms with Crippen molar-refractivity contribution in [1.29, 1.82) is 0 Å². The molecule has 0 heterocycles. The third kappa shape index (κ3) is 4.42. The zero-order valence-corrected chi connectivity index (χ0v) is 12.1. The average molecular weight is 307 g/mol. The Morgan fingerprint density at radius 1 is 1.50 bits per heavy atom. The van der Waals surface area contributed by atoms with Crippen molar-refractivity contribution in [2.75, 3.05) is 6.54 Å². The predicted octanol–water partition coefficient (Wildman–Crippen LogP) is 3.52. The largest absolute Gasteiger partial charge is 0.389 e. The minimum absolute atomic E-state index is 0.118. The van der Waals surface area contributed by atoms with Crippen LogP contribution in [0.4, 0.5) is 0 Å². The van der Waals surface area contributed by atoms with Crippen LogP contribution in [-0.4, -0.2) is 17.3 Å². The third-order valence-electron chi connectivity index (χ3n) is 2.27. The van der Waals surface area contributed by atoms with Gasteiger partial charge in [-0.1, -0.05) is 33.6 Å². The topological polar surface area (TPSA) is 32.3 Å². The van der Waals surface area contributed by atoms with Gasteiger partial charge in [0.05, 0.1) is 5.60 Å². The fraction of sp³-hybridized carbons (Fsp3) is 0.500. The van der Waals surface area contributed by atoms with Crippen molar-refractivity contribution in [3.05, 3.63) is 33.3 Å². The molecule has 0 aliphatic heterocycles. The van der Waals surface area contributed by atoms with Crippen molar-refractivity contribution in [3.63, 3.8) is 0 Å². The Bertz CT molecular complexity index is 363. The zero-order valence-electron chi connectivity index (χ0n) is 9.72. The molecule has 0 saturated heterocycles. The highest BCUT2D eigenvalue weighted by Crippen LogP contribution is 2.26. The van der Waals surface area contributed by atoms with Gasteiger partial charge in [-0.3, -0.25) is 0 Å². The molecule has 2 nitrogen and oxygen atoms in total. The van der Waals surface area contributed by atoms with Gasteiger partial charge in [0, 0.05) is 22.1 Å². The maximum atomic E-state index is 9.62. The van der Waals surface area contributed by atoms with Crippen LogP contribution in [0.15, 0.2) is 22.7 Å². The van der Waals surface area contributed by atoms with Gasteiger partial charge in [-0.15, -0.1) is 0 Å². The maximum Gasteiger partial charge on any atom is 0.0715 e. The molecular formula is C12H17BrClNO. The number of hydrogen-bond acceptors (Lipinski definition) is 2.